The number of hydrogen-bond acceptors (Lipinski definition) is 6. The van der Waals surface area contributed by atoms with E-state index in [1.165, 1.54) is 0 Å². The third kappa shape index (κ3) is 1.98. The van der Waals surface area contributed by atoms with Crippen molar-refractivity contribution in [3.63, 3.8) is 0 Å². The zero-order valence-corrected chi connectivity index (χ0v) is 12.6. The number of hydrogen-bond donors (Lipinski definition) is 1. The summed E-state index contributed by atoms with van der Waals surface area (Å²) in [6, 6.07) is 11.4. The van der Waals surface area contributed by atoms with E-state index in [1.54, 1.807) is 6.33 Å². The molecule has 0 fully saturated rings. The van der Waals surface area contributed by atoms with Crippen LogP contribution >= 0.6 is 0 Å². The van der Waals surface area contributed by atoms with Crippen molar-refractivity contribution in [3.8, 4) is 22.8 Å². The molecule has 0 spiro atoms. The van der Waals surface area contributed by atoms with Crippen LogP contribution in [0.4, 0.5) is 0 Å². The lowest BCUT2D eigenvalue weighted by Gasteiger charge is -1.94. The normalized spacial score (nSPS) is 11.5. The highest BCUT2D eigenvalue weighted by Gasteiger charge is 2.13. The molecule has 0 saturated carbocycles. The van der Waals surface area contributed by atoms with Gasteiger partial charge < -0.3 is 13.9 Å². The summed E-state index contributed by atoms with van der Waals surface area (Å²) in [6.45, 7) is 1.82. The minimum Gasteiger partial charge on any atom is -0.441 e. The van der Waals surface area contributed by atoms with E-state index in [2.05, 4.69) is 25.1 Å². The molecule has 5 rings (SSSR count). The van der Waals surface area contributed by atoms with Gasteiger partial charge in [0, 0.05) is 18.1 Å². The zero-order valence-electron chi connectivity index (χ0n) is 12.6. The standard InChI is InChI=1S/C17H11N5O2/c1-9-20-14-6-10(3-5-15(14)23-9)16-21-17(24-22-16)11-2-4-12-13(7-11)19-8-18-12/h2-8H,1H3,(H,18,19). The Morgan fingerprint density at radius 3 is 2.83 bits per heavy atom. The summed E-state index contributed by atoms with van der Waals surface area (Å²) in [5.41, 5.74) is 4.99. The van der Waals surface area contributed by atoms with Gasteiger partial charge in [-0.2, -0.15) is 4.98 Å². The Labute approximate surface area is 135 Å². The Morgan fingerprint density at radius 1 is 0.958 bits per heavy atom. The number of nitrogens with zero attached hydrogens (tertiary/aromatic N) is 4. The van der Waals surface area contributed by atoms with Crippen LogP contribution in [0.1, 0.15) is 5.89 Å². The second-order valence-corrected chi connectivity index (χ2v) is 5.47. The first-order valence-corrected chi connectivity index (χ1v) is 7.41. The molecule has 2 aromatic carbocycles. The van der Waals surface area contributed by atoms with Gasteiger partial charge in [0.1, 0.15) is 5.52 Å². The third-order valence-electron chi connectivity index (χ3n) is 3.85. The Morgan fingerprint density at radius 2 is 1.88 bits per heavy atom. The highest BCUT2D eigenvalue weighted by atomic mass is 16.5. The predicted molar refractivity (Wildman–Crippen MR) is 87.1 cm³/mol. The van der Waals surface area contributed by atoms with E-state index in [0.717, 1.165) is 33.3 Å². The van der Waals surface area contributed by atoms with Crippen LogP contribution in [0.2, 0.25) is 0 Å². The van der Waals surface area contributed by atoms with Gasteiger partial charge in [-0.1, -0.05) is 5.16 Å². The van der Waals surface area contributed by atoms with Crippen LogP contribution in [-0.4, -0.2) is 25.1 Å². The summed E-state index contributed by atoms with van der Waals surface area (Å²) >= 11 is 0. The molecular weight excluding hydrogens is 306 g/mol. The van der Waals surface area contributed by atoms with Crippen molar-refractivity contribution in [2.45, 2.75) is 6.92 Å². The molecule has 0 aliphatic heterocycles. The van der Waals surface area contributed by atoms with Gasteiger partial charge in [-0.05, 0) is 36.4 Å². The Balaban J connectivity index is 1.57. The van der Waals surface area contributed by atoms with Gasteiger partial charge in [-0.3, -0.25) is 0 Å². The van der Waals surface area contributed by atoms with E-state index >= 15 is 0 Å². The number of aromatic amines is 1. The van der Waals surface area contributed by atoms with Crippen LogP contribution in [-0.2, 0) is 0 Å². The van der Waals surface area contributed by atoms with Gasteiger partial charge in [0.05, 0.1) is 17.4 Å². The highest BCUT2D eigenvalue weighted by Crippen LogP contribution is 2.26. The first-order chi connectivity index (χ1) is 11.8. The van der Waals surface area contributed by atoms with Crippen LogP contribution in [0.3, 0.4) is 0 Å². The Kier molecular flexibility index (Phi) is 2.58. The summed E-state index contributed by atoms with van der Waals surface area (Å²) < 4.78 is 10.9. The molecule has 0 unspecified atom stereocenters. The number of nitrogens with one attached hydrogen (secondary N) is 1. The maximum atomic E-state index is 5.48. The van der Waals surface area contributed by atoms with Gasteiger partial charge in [-0.25, -0.2) is 9.97 Å². The molecule has 5 aromatic rings. The minimum absolute atomic E-state index is 0.456. The largest absolute Gasteiger partial charge is 0.441 e. The smallest absolute Gasteiger partial charge is 0.258 e. The Hall–Kier alpha value is -3.48. The van der Waals surface area contributed by atoms with Crippen molar-refractivity contribution < 1.29 is 8.94 Å². The van der Waals surface area contributed by atoms with Crippen molar-refractivity contribution in [1.82, 2.24) is 25.1 Å². The predicted octanol–water partition coefficient (Wildman–Crippen LogP) is 3.73. The lowest BCUT2D eigenvalue weighted by Crippen LogP contribution is -1.82. The molecule has 1 N–H and O–H groups in total. The number of H-pyrrole nitrogens is 1. The third-order valence-corrected chi connectivity index (χ3v) is 3.85. The molecule has 7 nitrogen and oxygen atoms in total. The van der Waals surface area contributed by atoms with Crippen molar-refractivity contribution >= 4 is 22.1 Å². The SMILES string of the molecule is Cc1nc2cc(-c3noc(-c4ccc5nc[nH]c5c4)n3)ccc2o1. The molecule has 7 heteroatoms. The van der Waals surface area contributed by atoms with Crippen molar-refractivity contribution in [3.05, 3.63) is 48.6 Å². The second-order valence-electron chi connectivity index (χ2n) is 5.47. The first kappa shape index (κ1) is 13.0. The van der Waals surface area contributed by atoms with Crippen LogP contribution in [0, 0.1) is 6.92 Å². The van der Waals surface area contributed by atoms with E-state index in [-0.39, 0.29) is 0 Å². The fourth-order valence-electron chi connectivity index (χ4n) is 2.71. The van der Waals surface area contributed by atoms with Crippen LogP contribution in [0.15, 0.2) is 51.7 Å². The molecular formula is C17H11N5O2. The monoisotopic (exact) mass is 317 g/mol. The quantitative estimate of drug-likeness (QED) is 0.533. The number of aromatic nitrogens is 5. The van der Waals surface area contributed by atoms with E-state index < -0.39 is 0 Å². The number of aryl methyl sites for hydroxylation is 1. The van der Waals surface area contributed by atoms with Gasteiger partial charge >= 0.3 is 0 Å². The average molecular weight is 317 g/mol. The fourth-order valence-corrected chi connectivity index (χ4v) is 2.71. The van der Waals surface area contributed by atoms with Gasteiger partial charge in [0.15, 0.2) is 11.5 Å². The maximum absolute atomic E-state index is 5.48. The highest BCUT2D eigenvalue weighted by molar-refractivity contribution is 5.81. The molecule has 0 bridgehead atoms. The molecule has 3 heterocycles. The lowest BCUT2D eigenvalue weighted by atomic mass is 10.2. The lowest BCUT2D eigenvalue weighted by molar-refractivity contribution is 0.432. The summed E-state index contributed by atoms with van der Waals surface area (Å²) in [5.74, 6) is 1.60. The molecule has 0 atom stereocenters. The first-order valence-electron chi connectivity index (χ1n) is 7.41. The molecule has 0 radical (unpaired) electrons. The van der Waals surface area contributed by atoms with Crippen molar-refractivity contribution in [2.75, 3.05) is 0 Å². The number of oxazole rings is 1. The summed E-state index contributed by atoms with van der Waals surface area (Å²) in [6.07, 6.45) is 1.66. The van der Waals surface area contributed by atoms with Crippen LogP contribution in [0.5, 0.6) is 0 Å². The topological polar surface area (TPSA) is 93.6 Å². The van der Waals surface area contributed by atoms with E-state index in [4.69, 9.17) is 8.94 Å². The molecule has 0 aliphatic carbocycles. The van der Waals surface area contributed by atoms with E-state index in [9.17, 15) is 0 Å². The van der Waals surface area contributed by atoms with Gasteiger partial charge in [0.25, 0.3) is 5.89 Å². The molecule has 0 saturated heterocycles. The second kappa shape index (κ2) is 4.76. The number of benzene rings is 2. The molecule has 24 heavy (non-hydrogen) atoms. The van der Waals surface area contributed by atoms with Crippen molar-refractivity contribution in [1.29, 1.82) is 0 Å². The summed E-state index contributed by atoms with van der Waals surface area (Å²) in [5, 5.41) is 4.07. The van der Waals surface area contributed by atoms with Crippen LogP contribution in [0.25, 0.3) is 45.0 Å². The van der Waals surface area contributed by atoms with E-state index in [1.807, 2.05) is 43.3 Å². The minimum atomic E-state index is 0.456. The number of rotatable bonds is 2. The number of fused-ring (bicyclic) bond motifs is 2. The molecule has 0 aliphatic rings. The van der Waals surface area contributed by atoms with Gasteiger partial charge in [-0.15, -0.1) is 0 Å². The van der Waals surface area contributed by atoms with Crippen LogP contribution < -0.4 is 0 Å². The molecule has 0 amide bonds. The molecule has 116 valence electrons. The van der Waals surface area contributed by atoms with Crippen molar-refractivity contribution in [2.24, 2.45) is 0 Å². The maximum Gasteiger partial charge on any atom is 0.258 e. The summed E-state index contributed by atoms with van der Waals surface area (Å²) in [4.78, 5) is 16.1. The Bertz CT molecular complexity index is 1180. The van der Waals surface area contributed by atoms with E-state index in [0.29, 0.717) is 17.6 Å². The fraction of sp³-hybridized carbons (Fsp3) is 0.0588. The zero-order chi connectivity index (χ0) is 16.1. The number of imidazole rings is 1. The molecule has 3 aromatic heterocycles. The average Bonchev–Trinajstić information content (AvgIpc) is 3.31. The van der Waals surface area contributed by atoms with Gasteiger partial charge in [0.2, 0.25) is 5.82 Å². The summed E-state index contributed by atoms with van der Waals surface area (Å²) in [7, 11) is 0.